The Balaban J connectivity index is 1.63. The third kappa shape index (κ3) is 3.44. The van der Waals surface area contributed by atoms with Crippen molar-refractivity contribution in [1.82, 2.24) is 14.3 Å². The van der Waals surface area contributed by atoms with E-state index in [0.717, 1.165) is 6.42 Å². The number of carbonyl (C=O) groups is 1. The molecule has 7 heteroatoms. The molecule has 0 saturated heterocycles. The van der Waals surface area contributed by atoms with Gasteiger partial charge >= 0.3 is 0 Å². The van der Waals surface area contributed by atoms with Gasteiger partial charge in [0.15, 0.2) is 5.03 Å². The van der Waals surface area contributed by atoms with Crippen LogP contribution in [0.2, 0.25) is 0 Å². The van der Waals surface area contributed by atoms with Gasteiger partial charge in [-0.05, 0) is 32.1 Å². The molecule has 6 nitrogen and oxygen atoms in total. The number of rotatable bonds is 5. The molecule has 2 saturated carbocycles. The van der Waals surface area contributed by atoms with Crippen LogP contribution in [0.25, 0.3) is 0 Å². The lowest BCUT2D eigenvalue weighted by Gasteiger charge is -2.21. The van der Waals surface area contributed by atoms with E-state index in [1.54, 1.807) is 11.5 Å². The predicted octanol–water partition coefficient (Wildman–Crippen LogP) is 2.23. The molecule has 0 aliphatic heterocycles. The normalized spacial score (nSPS) is 25.3. The summed E-state index contributed by atoms with van der Waals surface area (Å²) >= 11 is 0. The molecule has 1 N–H and O–H groups in total. The van der Waals surface area contributed by atoms with E-state index in [2.05, 4.69) is 9.71 Å². The molecule has 1 amide bonds. The fraction of sp³-hybridized carbons (Fsp3) is 0.750. The SMILES string of the molecule is CCn1cc(S(=O)(=O)NC(=O)[C@H]2C[C@H]2C2CCCCC2)nc1C. The van der Waals surface area contributed by atoms with Crippen LogP contribution in [0.1, 0.15) is 51.3 Å². The molecule has 0 aromatic carbocycles. The Morgan fingerprint density at radius 1 is 1.35 bits per heavy atom. The predicted molar refractivity (Wildman–Crippen MR) is 86.1 cm³/mol. The fourth-order valence-corrected chi connectivity index (χ4v) is 4.83. The minimum absolute atomic E-state index is 0.0694. The summed E-state index contributed by atoms with van der Waals surface area (Å²) < 4.78 is 28.6. The number of sulfonamides is 1. The molecule has 2 atom stereocenters. The van der Waals surface area contributed by atoms with Crippen LogP contribution in [-0.2, 0) is 21.4 Å². The van der Waals surface area contributed by atoms with Gasteiger partial charge in [0.25, 0.3) is 10.0 Å². The third-order valence-electron chi connectivity index (χ3n) is 5.24. The Hall–Kier alpha value is -1.37. The molecule has 2 fully saturated rings. The smallest absolute Gasteiger partial charge is 0.283 e. The lowest BCUT2D eigenvalue weighted by molar-refractivity contribution is -0.121. The van der Waals surface area contributed by atoms with E-state index in [-0.39, 0.29) is 16.9 Å². The van der Waals surface area contributed by atoms with Gasteiger partial charge in [0.05, 0.1) is 0 Å². The van der Waals surface area contributed by atoms with Gasteiger partial charge < -0.3 is 4.57 Å². The summed E-state index contributed by atoms with van der Waals surface area (Å²) in [6.45, 7) is 4.32. The lowest BCUT2D eigenvalue weighted by Crippen LogP contribution is -2.33. The van der Waals surface area contributed by atoms with Gasteiger partial charge in [-0.1, -0.05) is 32.1 Å². The van der Waals surface area contributed by atoms with Crippen LogP contribution in [0.15, 0.2) is 11.2 Å². The van der Waals surface area contributed by atoms with Crippen LogP contribution in [-0.4, -0.2) is 23.9 Å². The lowest BCUT2D eigenvalue weighted by atomic mass is 9.85. The average Bonchev–Trinajstić information content (AvgIpc) is 3.24. The van der Waals surface area contributed by atoms with Crippen molar-refractivity contribution in [1.29, 1.82) is 0 Å². The highest BCUT2D eigenvalue weighted by Crippen LogP contribution is 2.49. The first kappa shape index (κ1) is 16.5. The summed E-state index contributed by atoms with van der Waals surface area (Å²) in [6.07, 6.45) is 8.43. The van der Waals surface area contributed by atoms with Gasteiger partial charge in [-0.2, -0.15) is 8.42 Å². The summed E-state index contributed by atoms with van der Waals surface area (Å²) in [5.41, 5.74) is 0. The molecule has 1 heterocycles. The van der Waals surface area contributed by atoms with Gasteiger partial charge in [-0.3, -0.25) is 4.79 Å². The number of aromatic nitrogens is 2. The van der Waals surface area contributed by atoms with Gasteiger partial charge in [-0.25, -0.2) is 9.71 Å². The second-order valence-electron chi connectivity index (χ2n) is 6.79. The zero-order chi connectivity index (χ0) is 16.6. The largest absolute Gasteiger partial charge is 0.334 e. The molecule has 128 valence electrons. The number of carbonyl (C=O) groups excluding carboxylic acids is 1. The van der Waals surface area contributed by atoms with Crippen LogP contribution >= 0.6 is 0 Å². The monoisotopic (exact) mass is 339 g/mol. The summed E-state index contributed by atoms with van der Waals surface area (Å²) in [5, 5.41) is -0.0694. The fourth-order valence-electron chi connectivity index (χ4n) is 3.79. The standard InChI is InChI=1S/C16H25N3O3S/c1-3-19-10-15(17-11(19)2)23(21,22)18-16(20)14-9-13(14)12-7-5-4-6-8-12/h10,12-14H,3-9H2,1-2H3,(H,18,20)/t13-,14-/m0/s1. The number of aryl methyl sites for hydroxylation is 2. The first-order chi connectivity index (χ1) is 10.9. The van der Waals surface area contributed by atoms with Crippen molar-refractivity contribution in [2.24, 2.45) is 17.8 Å². The van der Waals surface area contributed by atoms with Crippen molar-refractivity contribution >= 4 is 15.9 Å². The molecular weight excluding hydrogens is 314 g/mol. The maximum absolute atomic E-state index is 12.3. The Morgan fingerprint density at radius 3 is 2.65 bits per heavy atom. The molecule has 0 bridgehead atoms. The molecule has 23 heavy (non-hydrogen) atoms. The highest BCUT2D eigenvalue weighted by atomic mass is 32.2. The molecule has 2 aliphatic rings. The van der Waals surface area contributed by atoms with E-state index in [1.807, 2.05) is 6.92 Å². The summed E-state index contributed by atoms with van der Waals surface area (Å²) in [4.78, 5) is 16.3. The Bertz CT molecular complexity index is 689. The van der Waals surface area contributed by atoms with Gasteiger partial charge in [-0.15, -0.1) is 0 Å². The van der Waals surface area contributed by atoms with E-state index >= 15 is 0 Å². The average molecular weight is 339 g/mol. The Kier molecular flexibility index (Phi) is 4.49. The van der Waals surface area contributed by atoms with Crippen molar-refractivity contribution < 1.29 is 13.2 Å². The molecule has 2 aliphatic carbocycles. The highest BCUT2D eigenvalue weighted by molar-refractivity contribution is 7.90. The highest BCUT2D eigenvalue weighted by Gasteiger charge is 2.48. The van der Waals surface area contributed by atoms with Crippen molar-refractivity contribution in [2.75, 3.05) is 0 Å². The van der Waals surface area contributed by atoms with Gasteiger partial charge in [0.2, 0.25) is 5.91 Å². The van der Waals surface area contributed by atoms with Crippen molar-refractivity contribution in [3.8, 4) is 0 Å². The minimum Gasteiger partial charge on any atom is -0.334 e. The zero-order valence-corrected chi connectivity index (χ0v) is 14.6. The quantitative estimate of drug-likeness (QED) is 0.892. The van der Waals surface area contributed by atoms with Crippen molar-refractivity contribution in [2.45, 2.75) is 63.9 Å². The van der Waals surface area contributed by atoms with Crippen LogP contribution < -0.4 is 4.72 Å². The summed E-state index contributed by atoms with van der Waals surface area (Å²) in [7, 11) is -3.86. The topological polar surface area (TPSA) is 81.1 Å². The van der Waals surface area contributed by atoms with Crippen molar-refractivity contribution in [3.63, 3.8) is 0 Å². The molecule has 0 radical (unpaired) electrons. The van der Waals surface area contributed by atoms with Crippen molar-refractivity contribution in [3.05, 3.63) is 12.0 Å². The zero-order valence-electron chi connectivity index (χ0n) is 13.8. The van der Waals surface area contributed by atoms with Crippen LogP contribution in [0.5, 0.6) is 0 Å². The Labute approximate surface area is 137 Å². The second-order valence-corrected chi connectivity index (χ2v) is 8.42. The van der Waals surface area contributed by atoms with Gasteiger partial charge in [0.1, 0.15) is 5.82 Å². The van der Waals surface area contributed by atoms with Crippen LogP contribution in [0.3, 0.4) is 0 Å². The van der Waals surface area contributed by atoms with Gasteiger partial charge in [0, 0.05) is 18.7 Å². The van der Waals surface area contributed by atoms with E-state index in [9.17, 15) is 13.2 Å². The second kappa shape index (κ2) is 6.26. The molecule has 0 unspecified atom stereocenters. The molecule has 1 aromatic heterocycles. The first-order valence-electron chi connectivity index (χ1n) is 8.53. The first-order valence-corrected chi connectivity index (χ1v) is 10.0. The third-order valence-corrected chi connectivity index (χ3v) is 6.45. The van der Waals surface area contributed by atoms with Crippen LogP contribution in [0, 0.1) is 24.7 Å². The minimum atomic E-state index is -3.86. The number of amides is 1. The number of nitrogens with one attached hydrogen (secondary N) is 1. The van der Waals surface area contributed by atoms with E-state index < -0.39 is 10.0 Å². The Morgan fingerprint density at radius 2 is 2.04 bits per heavy atom. The summed E-state index contributed by atoms with van der Waals surface area (Å²) in [5.74, 6) is 1.11. The van der Waals surface area contributed by atoms with E-state index in [1.165, 1.54) is 38.3 Å². The molecule has 3 rings (SSSR count). The summed E-state index contributed by atoms with van der Waals surface area (Å²) in [6, 6.07) is 0. The number of nitrogens with zero attached hydrogens (tertiary/aromatic N) is 2. The molecule has 1 aromatic rings. The molecule has 0 spiro atoms. The van der Waals surface area contributed by atoms with E-state index in [4.69, 9.17) is 0 Å². The number of hydrogen-bond acceptors (Lipinski definition) is 4. The maximum Gasteiger partial charge on any atom is 0.283 e. The molecular formula is C16H25N3O3S. The van der Waals surface area contributed by atoms with Crippen LogP contribution in [0.4, 0.5) is 0 Å². The number of hydrogen-bond donors (Lipinski definition) is 1. The maximum atomic E-state index is 12.3. The number of imidazole rings is 1. The van der Waals surface area contributed by atoms with E-state index in [0.29, 0.717) is 24.2 Å².